The van der Waals surface area contributed by atoms with Crippen molar-refractivity contribution in [3.63, 3.8) is 0 Å². The Bertz CT molecular complexity index is 671. The number of rotatable bonds is 5. The third-order valence-electron chi connectivity index (χ3n) is 3.47. The Morgan fingerprint density at radius 1 is 1.33 bits per heavy atom. The Labute approximate surface area is 144 Å². The minimum atomic E-state index is -0.774. The van der Waals surface area contributed by atoms with E-state index in [2.05, 4.69) is 16.1 Å². The van der Waals surface area contributed by atoms with Crippen LogP contribution >= 0.6 is 23.2 Å². The van der Waals surface area contributed by atoms with E-state index in [1.807, 2.05) is 19.1 Å². The maximum atomic E-state index is 10.6. The first-order valence-corrected chi connectivity index (χ1v) is 7.30. The number of carboxylic acid groups (broad SMARTS) is 1. The Morgan fingerprint density at radius 2 is 1.95 bits per heavy atom. The maximum absolute atomic E-state index is 10.6. The Hall–Kier alpha value is -0.780. The lowest BCUT2D eigenvalue weighted by Gasteiger charge is -1.99. The van der Waals surface area contributed by atoms with Gasteiger partial charge in [-0.05, 0) is 13.3 Å². The van der Waals surface area contributed by atoms with Gasteiger partial charge in [0, 0.05) is 25.5 Å². The Morgan fingerprint density at radius 3 is 2.52 bits per heavy atom. The molecule has 0 bridgehead atoms. The van der Waals surface area contributed by atoms with Crippen LogP contribution in [0, 0.1) is 6.92 Å². The molecule has 2 aromatic rings. The van der Waals surface area contributed by atoms with Crippen LogP contribution in [0.1, 0.15) is 25.6 Å². The van der Waals surface area contributed by atoms with Gasteiger partial charge in [0.25, 0.3) is 5.82 Å². The largest absolute Gasteiger partial charge is 1.00 e. The van der Waals surface area contributed by atoms with Gasteiger partial charge in [-0.2, -0.15) is 0 Å². The zero-order valence-corrected chi connectivity index (χ0v) is 15.0. The summed E-state index contributed by atoms with van der Waals surface area (Å²) < 4.78 is 4.25. The van der Waals surface area contributed by atoms with Crippen molar-refractivity contribution < 1.29 is 31.4 Å². The second-order valence-electron chi connectivity index (χ2n) is 4.70. The van der Waals surface area contributed by atoms with E-state index in [-0.39, 0.29) is 23.4 Å². The van der Waals surface area contributed by atoms with Crippen molar-refractivity contribution in [2.75, 3.05) is 0 Å². The molecule has 0 saturated carbocycles. The molecule has 7 heteroatoms. The number of hydrogen-bond donors (Lipinski definition) is 1. The molecule has 0 radical (unpaired) electrons. The van der Waals surface area contributed by atoms with Crippen LogP contribution in [-0.4, -0.2) is 15.6 Å². The van der Waals surface area contributed by atoms with E-state index in [1.54, 1.807) is 0 Å². The third-order valence-corrected chi connectivity index (χ3v) is 4.19. The first kappa shape index (κ1) is 18.3. The molecule has 1 aromatic carbocycles. The quantitative estimate of drug-likeness (QED) is 0.746. The molecule has 0 atom stereocenters. The zero-order valence-electron chi connectivity index (χ0n) is 11.9. The number of aromatic nitrogens is 2. The number of benzene rings is 1. The van der Waals surface area contributed by atoms with Crippen LogP contribution in [-0.2, 0) is 17.9 Å². The van der Waals surface area contributed by atoms with Crippen molar-refractivity contribution in [1.29, 1.82) is 0 Å². The van der Waals surface area contributed by atoms with Crippen molar-refractivity contribution in [2.24, 2.45) is 0 Å². The number of imidazole rings is 1. The fourth-order valence-corrected chi connectivity index (χ4v) is 2.84. The van der Waals surface area contributed by atoms with E-state index >= 15 is 0 Å². The molecule has 1 N–H and O–H groups in total. The van der Waals surface area contributed by atoms with Crippen LogP contribution in [0.5, 0.6) is 0 Å². The highest BCUT2D eigenvalue weighted by Gasteiger charge is 2.22. The number of fused-ring (bicyclic) bond motifs is 1. The second kappa shape index (κ2) is 7.47. The summed E-state index contributed by atoms with van der Waals surface area (Å²) >= 11 is 12.2. The van der Waals surface area contributed by atoms with Gasteiger partial charge < -0.3 is 22.1 Å². The van der Waals surface area contributed by atoms with E-state index in [0.717, 1.165) is 23.4 Å². The Balaban J connectivity index is 0.00000220. The molecule has 0 aliphatic carbocycles. The third kappa shape index (κ3) is 3.71. The number of carboxylic acids is 1. The van der Waals surface area contributed by atoms with Gasteiger partial charge in [-0.15, -0.1) is 0 Å². The lowest BCUT2D eigenvalue weighted by Crippen LogP contribution is -3.00. The smallest absolute Gasteiger partial charge is 0.303 e. The summed E-state index contributed by atoms with van der Waals surface area (Å²) in [5, 5.41) is 9.80. The topological polar surface area (TPSA) is 46.1 Å². The van der Waals surface area contributed by atoms with Crippen LogP contribution in [0.2, 0.25) is 10.0 Å². The van der Waals surface area contributed by atoms with Crippen LogP contribution in [0.15, 0.2) is 12.1 Å². The van der Waals surface area contributed by atoms with E-state index in [0.29, 0.717) is 23.0 Å². The minimum absolute atomic E-state index is 0. The molecule has 1 heterocycles. The highest BCUT2D eigenvalue weighted by Crippen LogP contribution is 2.27. The summed E-state index contributed by atoms with van der Waals surface area (Å²) in [7, 11) is 0. The number of aryl methyl sites for hydroxylation is 2. The number of carbonyl (C=O) groups is 1. The molecule has 0 unspecified atom stereocenters. The molecule has 0 fully saturated rings. The number of halogens is 3. The molecule has 2 rings (SSSR count). The number of nitrogens with zero attached hydrogens (tertiary/aromatic N) is 2. The number of aliphatic carboxylic acids is 1. The fourth-order valence-electron chi connectivity index (χ4n) is 2.52. The standard InChI is InChI=1S/C14H16Cl2N2O2.BrH/c1-3-17-9(2)18(6-4-5-14(19)20)13-8-11(16)10(15)7-12(13)17;/h7-8H,3-6H2,1-2H3;1H. The normalized spacial score (nSPS) is 10.7. The van der Waals surface area contributed by atoms with Gasteiger partial charge in [0.05, 0.1) is 23.1 Å². The first-order chi connectivity index (χ1) is 9.45. The summed E-state index contributed by atoms with van der Waals surface area (Å²) in [5.74, 6) is 0.301. The van der Waals surface area contributed by atoms with Gasteiger partial charge in [0.1, 0.15) is 0 Å². The van der Waals surface area contributed by atoms with Crippen LogP contribution < -0.4 is 21.5 Å². The molecular formula is C14H17BrCl2N2O2. The van der Waals surface area contributed by atoms with Crippen molar-refractivity contribution in [3.8, 4) is 0 Å². The van der Waals surface area contributed by atoms with Crippen molar-refractivity contribution in [1.82, 2.24) is 4.57 Å². The number of hydrogen-bond acceptors (Lipinski definition) is 1. The van der Waals surface area contributed by atoms with Crippen molar-refractivity contribution in [3.05, 3.63) is 28.0 Å². The maximum Gasteiger partial charge on any atom is 0.303 e. The predicted octanol–water partition coefficient (Wildman–Crippen LogP) is 0.433. The highest BCUT2D eigenvalue weighted by atomic mass is 79.9. The van der Waals surface area contributed by atoms with Gasteiger partial charge in [-0.25, -0.2) is 9.13 Å². The molecule has 0 saturated heterocycles. The fraction of sp³-hybridized carbons (Fsp3) is 0.429. The highest BCUT2D eigenvalue weighted by molar-refractivity contribution is 6.42. The second-order valence-corrected chi connectivity index (χ2v) is 5.51. The predicted molar refractivity (Wildman–Crippen MR) is 79.4 cm³/mol. The summed E-state index contributed by atoms with van der Waals surface area (Å²) in [6.45, 7) is 5.56. The summed E-state index contributed by atoms with van der Waals surface area (Å²) in [6.07, 6.45) is 0.747. The van der Waals surface area contributed by atoms with E-state index in [1.165, 1.54) is 0 Å². The lowest BCUT2D eigenvalue weighted by atomic mass is 10.3. The van der Waals surface area contributed by atoms with Crippen LogP contribution in [0.3, 0.4) is 0 Å². The van der Waals surface area contributed by atoms with Gasteiger partial charge in [0.2, 0.25) is 0 Å². The lowest BCUT2D eigenvalue weighted by molar-refractivity contribution is -0.678. The molecule has 21 heavy (non-hydrogen) atoms. The average Bonchev–Trinajstić information content (AvgIpc) is 2.62. The van der Waals surface area contributed by atoms with Crippen molar-refractivity contribution in [2.45, 2.75) is 39.8 Å². The molecule has 116 valence electrons. The monoisotopic (exact) mass is 394 g/mol. The molecule has 1 aromatic heterocycles. The van der Waals surface area contributed by atoms with Gasteiger partial charge in [0.15, 0.2) is 11.0 Å². The molecule has 0 amide bonds. The molecule has 4 nitrogen and oxygen atoms in total. The zero-order chi connectivity index (χ0) is 14.9. The van der Waals surface area contributed by atoms with Gasteiger partial charge >= 0.3 is 5.97 Å². The molecule has 0 spiro atoms. The minimum Gasteiger partial charge on any atom is -1.00 e. The average molecular weight is 396 g/mol. The van der Waals surface area contributed by atoms with E-state index in [9.17, 15) is 4.79 Å². The summed E-state index contributed by atoms with van der Waals surface area (Å²) in [4.78, 5) is 10.6. The summed E-state index contributed by atoms with van der Waals surface area (Å²) in [6, 6.07) is 3.71. The Kier molecular flexibility index (Phi) is 6.50. The van der Waals surface area contributed by atoms with E-state index < -0.39 is 5.97 Å². The van der Waals surface area contributed by atoms with Crippen molar-refractivity contribution >= 4 is 40.2 Å². The van der Waals surface area contributed by atoms with Crippen LogP contribution in [0.25, 0.3) is 11.0 Å². The SMILES string of the molecule is CCn1c(C)[n+](CCCC(=O)O)c2cc(Cl)c(Cl)cc21.[Br-]. The van der Waals surface area contributed by atoms with E-state index in [4.69, 9.17) is 28.3 Å². The first-order valence-electron chi connectivity index (χ1n) is 6.55. The molecule has 0 aliphatic rings. The summed E-state index contributed by atoms with van der Waals surface area (Å²) in [5.41, 5.74) is 2.01. The van der Waals surface area contributed by atoms with Gasteiger partial charge in [-0.3, -0.25) is 4.79 Å². The van der Waals surface area contributed by atoms with Gasteiger partial charge in [-0.1, -0.05) is 23.2 Å². The molecule has 0 aliphatic heterocycles. The van der Waals surface area contributed by atoms with Crippen LogP contribution in [0.4, 0.5) is 0 Å². The molecular weight excluding hydrogens is 379 g/mol.